The summed E-state index contributed by atoms with van der Waals surface area (Å²) in [6.45, 7) is 6.77. The van der Waals surface area contributed by atoms with Gasteiger partial charge in [0.2, 0.25) is 11.8 Å². The molecule has 0 N–H and O–H groups in total. The fraction of sp³-hybridized carbons (Fsp3) is 0.429. The van der Waals surface area contributed by atoms with Crippen LogP contribution in [0.5, 0.6) is 11.6 Å². The summed E-state index contributed by atoms with van der Waals surface area (Å²) in [4.78, 5) is 14.6. The van der Waals surface area contributed by atoms with Crippen molar-refractivity contribution in [3.05, 3.63) is 71.8 Å². The Balaban J connectivity index is 1.40. The Hall–Kier alpha value is -3.32. The highest BCUT2D eigenvalue weighted by atomic mass is 16.5. The molecule has 0 amide bonds. The third kappa shape index (κ3) is 5.68. The Kier molecular flexibility index (Phi) is 7.33. The van der Waals surface area contributed by atoms with Crippen LogP contribution in [0.4, 0.5) is 11.8 Å². The Labute approximate surface area is 207 Å². The zero-order chi connectivity index (χ0) is 24.0. The number of nitrogens with zero attached hydrogens (tertiary/aromatic N) is 4. The van der Waals surface area contributed by atoms with E-state index in [0.29, 0.717) is 37.7 Å². The normalized spacial score (nSPS) is 20.2. The number of rotatable bonds is 8. The van der Waals surface area contributed by atoms with Crippen LogP contribution in [0.2, 0.25) is 0 Å². The molecular formula is C28H34N4O3. The van der Waals surface area contributed by atoms with Gasteiger partial charge in [-0.2, -0.15) is 9.97 Å². The molecule has 2 aliphatic heterocycles. The van der Waals surface area contributed by atoms with Gasteiger partial charge in [-0.3, -0.25) is 0 Å². The van der Waals surface area contributed by atoms with Crippen LogP contribution in [0.25, 0.3) is 0 Å². The van der Waals surface area contributed by atoms with Crippen LogP contribution < -0.4 is 19.3 Å². The maximum Gasteiger partial charge on any atom is 0.230 e. The molecule has 2 fully saturated rings. The van der Waals surface area contributed by atoms with Gasteiger partial charge < -0.3 is 24.0 Å². The summed E-state index contributed by atoms with van der Waals surface area (Å²) in [5.41, 5.74) is 2.41. The smallest absolute Gasteiger partial charge is 0.230 e. The summed E-state index contributed by atoms with van der Waals surface area (Å²) in [5, 5.41) is 0. The Morgan fingerprint density at radius 3 is 2.46 bits per heavy atom. The van der Waals surface area contributed by atoms with Gasteiger partial charge in [0.25, 0.3) is 0 Å². The minimum Gasteiger partial charge on any atom is -0.497 e. The van der Waals surface area contributed by atoms with Crippen LogP contribution >= 0.6 is 0 Å². The van der Waals surface area contributed by atoms with E-state index in [4.69, 9.17) is 24.2 Å². The number of morpholine rings is 1. The molecule has 0 radical (unpaired) electrons. The van der Waals surface area contributed by atoms with Crippen molar-refractivity contribution in [3.63, 3.8) is 0 Å². The Morgan fingerprint density at radius 1 is 0.943 bits per heavy atom. The van der Waals surface area contributed by atoms with Gasteiger partial charge in [0, 0.05) is 31.7 Å². The maximum atomic E-state index is 6.20. The number of aromatic nitrogens is 2. The monoisotopic (exact) mass is 474 g/mol. The van der Waals surface area contributed by atoms with Gasteiger partial charge in [-0.15, -0.1) is 0 Å². The number of methoxy groups -OCH3 is 1. The van der Waals surface area contributed by atoms with Crippen molar-refractivity contribution in [2.24, 2.45) is 5.92 Å². The van der Waals surface area contributed by atoms with Crippen molar-refractivity contribution in [3.8, 4) is 11.6 Å². The summed E-state index contributed by atoms with van der Waals surface area (Å²) in [7, 11) is 1.67. The van der Waals surface area contributed by atoms with E-state index in [1.165, 1.54) is 5.56 Å². The van der Waals surface area contributed by atoms with Gasteiger partial charge in [0.15, 0.2) is 0 Å². The lowest BCUT2D eigenvalue weighted by Crippen LogP contribution is -2.38. The van der Waals surface area contributed by atoms with Crippen LogP contribution in [-0.4, -0.2) is 56.0 Å². The van der Waals surface area contributed by atoms with Gasteiger partial charge >= 0.3 is 0 Å². The van der Waals surface area contributed by atoms with Crippen molar-refractivity contribution in [2.75, 3.05) is 49.8 Å². The van der Waals surface area contributed by atoms with Crippen LogP contribution in [0, 0.1) is 5.92 Å². The van der Waals surface area contributed by atoms with E-state index in [9.17, 15) is 0 Å². The Morgan fingerprint density at radius 2 is 1.71 bits per heavy atom. The molecule has 2 aromatic carbocycles. The third-order valence-corrected chi connectivity index (χ3v) is 6.99. The molecule has 2 saturated heterocycles. The summed E-state index contributed by atoms with van der Waals surface area (Å²) in [6, 6.07) is 20.9. The average Bonchev–Trinajstić information content (AvgIpc) is 3.28. The summed E-state index contributed by atoms with van der Waals surface area (Å²) < 4.78 is 17.0. The van der Waals surface area contributed by atoms with Crippen molar-refractivity contribution in [1.82, 2.24) is 9.97 Å². The molecule has 2 aliphatic rings. The van der Waals surface area contributed by atoms with Crippen LogP contribution in [0.3, 0.4) is 0 Å². The minimum absolute atomic E-state index is 0.353. The molecule has 184 valence electrons. The van der Waals surface area contributed by atoms with E-state index in [0.717, 1.165) is 55.6 Å². The second-order valence-electron chi connectivity index (χ2n) is 9.32. The fourth-order valence-corrected chi connectivity index (χ4v) is 4.86. The van der Waals surface area contributed by atoms with Gasteiger partial charge in [-0.1, -0.05) is 49.4 Å². The van der Waals surface area contributed by atoms with Crippen molar-refractivity contribution in [1.29, 1.82) is 0 Å². The van der Waals surface area contributed by atoms with Crippen molar-refractivity contribution in [2.45, 2.75) is 32.4 Å². The first-order valence-corrected chi connectivity index (χ1v) is 12.5. The molecule has 3 aromatic rings. The first-order valence-electron chi connectivity index (χ1n) is 12.5. The summed E-state index contributed by atoms with van der Waals surface area (Å²) in [6.07, 6.45) is 2.11. The molecular weight excluding hydrogens is 440 g/mol. The molecule has 7 heteroatoms. The number of benzene rings is 2. The molecule has 2 atom stereocenters. The molecule has 5 rings (SSSR count). The zero-order valence-electron chi connectivity index (χ0n) is 20.6. The summed E-state index contributed by atoms with van der Waals surface area (Å²) >= 11 is 0. The number of anilines is 2. The van der Waals surface area contributed by atoms with Crippen LogP contribution in [0.1, 0.15) is 24.5 Å². The molecule has 0 bridgehead atoms. The van der Waals surface area contributed by atoms with E-state index in [-0.39, 0.29) is 0 Å². The van der Waals surface area contributed by atoms with Gasteiger partial charge in [0.1, 0.15) is 18.2 Å². The summed E-state index contributed by atoms with van der Waals surface area (Å²) in [5.74, 6) is 3.66. The molecule has 0 spiro atoms. The van der Waals surface area contributed by atoms with E-state index >= 15 is 0 Å². The minimum atomic E-state index is 0.353. The first kappa shape index (κ1) is 23.4. The molecule has 0 saturated carbocycles. The Bertz CT molecular complexity index is 1090. The van der Waals surface area contributed by atoms with E-state index in [2.05, 4.69) is 47.1 Å². The lowest BCUT2D eigenvalue weighted by Gasteiger charge is -2.31. The second kappa shape index (κ2) is 11.0. The second-order valence-corrected chi connectivity index (χ2v) is 9.32. The predicted octanol–water partition coefficient (Wildman–Crippen LogP) is 4.36. The predicted molar refractivity (Wildman–Crippen MR) is 137 cm³/mol. The van der Waals surface area contributed by atoms with Crippen molar-refractivity contribution < 1.29 is 14.2 Å². The quantitative estimate of drug-likeness (QED) is 0.481. The fourth-order valence-electron chi connectivity index (χ4n) is 4.86. The topological polar surface area (TPSA) is 60.0 Å². The largest absolute Gasteiger partial charge is 0.497 e. The molecule has 1 aromatic heterocycles. The molecule has 7 nitrogen and oxygen atoms in total. The molecule has 35 heavy (non-hydrogen) atoms. The van der Waals surface area contributed by atoms with Crippen LogP contribution in [-0.2, 0) is 17.8 Å². The standard InChI is InChI=1S/C28H34N4O3/c1-21-12-13-32(25(21)18-22-6-4-3-5-7-22)28-29-26(31-14-16-34-17-15-31)19-27(30-28)35-20-23-8-10-24(33-2)11-9-23/h3-11,19,21,25H,12-18,20H2,1-2H3/t21-,25-/m1/s1. The van der Waals surface area contributed by atoms with Gasteiger partial charge in [-0.25, -0.2) is 0 Å². The molecule has 0 aliphatic carbocycles. The lowest BCUT2D eigenvalue weighted by atomic mass is 9.96. The van der Waals surface area contributed by atoms with Crippen molar-refractivity contribution >= 4 is 11.8 Å². The SMILES string of the molecule is COc1ccc(COc2cc(N3CCOCC3)nc(N3CC[C@@H](C)[C@H]3Cc3ccccc3)n2)cc1. The number of ether oxygens (including phenoxy) is 3. The van der Waals surface area contributed by atoms with E-state index < -0.39 is 0 Å². The van der Waals surface area contributed by atoms with E-state index in [1.807, 2.05) is 30.3 Å². The average molecular weight is 475 g/mol. The number of hydrogen-bond acceptors (Lipinski definition) is 7. The number of hydrogen-bond donors (Lipinski definition) is 0. The third-order valence-electron chi connectivity index (χ3n) is 6.99. The van der Waals surface area contributed by atoms with Gasteiger partial charge in [0.05, 0.1) is 20.3 Å². The molecule has 3 heterocycles. The highest BCUT2D eigenvalue weighted by Crippen LogP contribution is 2.32. The highest BCUT2D eigenvalue weighted by molar-refractivity contribution is 5.49. The maximum absolute atomic E-state index is 6.20. The van der Waals surface area contributed by atoms with Crippen LogP contribution in [0.15, 0.2) is 60.7 Å². The van der Waals surface area contributed by atoms with E-state index in [1.54, 1.807) is 7.11 Å². The molecule has 0 unspecified atom stereocenters. The highest BCUT2D eigenvalue weighted by Gasteiger charge is 2.33. The lowest BCUT2D eigenvalue weighted by molar-refractivity contribution is 0.122. The van der Waals surface area contributed by atoms with Gasteiger partial charge in [-0.05, 0) is 42.0 Å². The zero-order valence-corrected chi connectivity index (χ0v) is 20.6. The first-order chi connectivity index (χ1) is 17.2.